The molecule has 0 aliphatic rings. The Bertz CT molecular complexity index is 412. The van der Waals surface area contributed by atoms with Crippen molar-refractivity contribution < 1.29 is 4.92 Å². The van der Waals surface area contributed by atoms with E-state index in [-0.39, 0.29) is 11.1 Å². The average Bonchev–Trinajstić information content (AvgIpc) is 2.24. The van der Waals surface area contributed by atoms with Crippen molar-refractivity contribution >= 4 is 17.3 Å². The lowest BCUT2D eigenvalue weighted by molar-refractivity contribution is -0.384. The predicted molar refractivity (Wildman–Crippen MR) is 68.4 cm³/mol. The molecular weight excluding hydrogens is 220 g/mol. The standard InChI is InChI=1S/C11H18N4O2/c1-11(2,3)7-13-10-8(15(16)17)5-6-9(12-4)14-10/h5-6H,7H2,1-4H3,(H2,12,13,14). The SMILES string of the molecule is CNc1ccc([N+](=O)[O-])c(NCC(C)(C)C)n1. The second kappa shape index (κ2) is 4.99. The number of nitrogens with one attached hydrogen (secondary N) is 2. The summed E-state index contributed by atoms with van der Waals surface area (Å²) in [5.74, 6) is 0.906. The molecule has 17 heavy (non-hydrogen) atoms. The van der Waals surface area contributed by atoms with Gasteiger partial charge in [0.25, 0.3) is 0 Å². The number of aromatic nitrogens is 1. The number of nitrogens with zero attached hydrogens (tertiary/aromatic N) is 2. The summed E-state index contributed by atoms with van der Waals surface area (Å²) in [5.41, 5.74) is 0.0267. The summed E-state index contributed by atoms with van der Waals surface area (Å²) in [6.45, 7) is 6.77. The van der Waals surface area contributed by atoms with Crippen molar-refractivity contribution in [2.45, 2.75) is 20.8 Å². The Morgan fingerprint density at radius 2 is 2.06 bits per heavy atom. The van der Waals surface area contributed by atoms with Gasteiger partial charge in [0.05, 0.1) is 4.92 Å². The van der Waals surface area contributed by atoms with Crippen LogP contribution in [0.25, 0.3) is 0 Å². The number of anilines is 2. The molecule has 0 amide bonds. The number of pyridine rings is 1. The highest BCUT2D eigenvalue weighted by atomic mass is 16.6. The van der Waals surface area contributed by atoms with Gasteiger partial charge in [0.2, 0.25) is 5.82 Å². The van der Waals surface area contributed by atoms with Gasteiger partial charge in [0, 0.05) is 19.7 Å². The second-order valence-corrected chi connectivity index (χ2v) is 4.99. The topological polar surface area (TPSA) is 80.1 Å². The van der Waals surface area contributed by atoms with E-state index < -0.39 is 4.92 Å². The van der Waals surface area contributed by atoms with Crippen LogP contribution in [0.15, 0.2) is 12.1 Å². The van der Waals surface area contributed by atoms with Crippen LogP contribution < -0.4 is 10.6 Å². The molecule has 0 aliphatic carbocycles. The Morgan fingerprint density at radius 3 is 2.53 bits per heavy atom. The molecule has 1 aromatic heterocycles. The molecule has 0 radical (unpaired) electrons. The molecule has 6 heteroatoms. The van der Waals surface area contributed by atoms with Crippen LogP contribution in [-0.4, -0.2) is 23.5 Å². The molecule has 0 saturated carbocycles. The van der Waals surface area contributed by atoms with E-state index in [1.807, 2.05) is 20.8 Å². The van der Waals surface area contributed by atoms with Gasteiger partial charge >= 0.3 is 5.69 Å². The third-order valence-corrected chi connectivity index (χ3v) is 2.11. The van der Waals surface area contributed by atoms with E-state index in [0.29, 0.717) is 18.2 Å². The molecule has 0 spiro atoms. The quantitative estimate of drug-likeness (QED) is 0.622. The van der Waals surface area contributed by atoms with Gasteiger partial charge in [-0.3, -0.25) is 10.1 Å². The minimum Gasteiger partial charge on any atom is -0.373 e. The van der Waals surface area contributed by atoms with Gasteiger partial charge in [-0.05, 0) is 11.5 Å². The molecule has 1 aromatic rings. The van der Waals surface area contributed by atoms with E-state index >= 15 is 0 Å². The molecule has 2 N–H and O–H groups in total. The van der Waals surface area contributed by atoms with Crippen LogP contribution >= 0.6 is 0 Å². The van der Waals surface area contributed by atoms with Crippen molar-refractivity contribution in [3.63, 3.8) is 0 Å². The highest BCUT2D eigenvalue weighted by Crippen LogP contribution is 2.25. The number of hydrogen-bond donors (Lipinski definition) is 2. The highest BCUT2D eigenvalue weighted by Gasteiger charge is 2.18. The first kappa shape index (κ1) is 13.2. The van der Waals surface area contributed by atoms with Crippen LogP contribution in [0.1, 0.15) is 20.8 Å². The normalized spacial score (nSPS) is 11.1. The van der Waals surface area contributed by atoms with Gasteiger partial charge in [-0.2, -0.15) is 0 Å². The Morgan fingerprint density at radius 1 is 1.41 bits per heavy atom. The van der Waals surface area contributed by atoms with Gasteiger partial charge in [0.15, 0.2) is 0 Å². The molecule has 1 rings (SSSR count). The first-order valence-electron chi connectivity index (χ1n) is 5.40. The lowest BCUT2D eigenvalue weighted by atomic mass is 9.97. The van der Waals surface area contributed by atoms with E-state index in [9.17, 15) is 10.1 Å². The van der Waals surface area contributed by atoms with Crippen molar-refractivity contribution in [2.75, 3.05) is 24.2 Å². The van der Waals surface area contributed by atoms with Crippen LogP contribution in [0.4, 0.5) is 17.3 Å². The minimum atomic E-state index is -0.433. The average molecular weight is 238 g/mol. The number of nitro groups is 1. The molecule has 0 atom stereocenters. The van der Waals surface area contributed by atoms with Crippen molar-refractivity contribution in [3.8, 4) is 0 Å². The Labute approximate surface area is 101 Å². The monoisotopic (exact) mass is 238 g/mol. The Kier molecular flexibility index (Phi) is 3.88. The van der Waals surface area contributed by atoms with Crippen LogP contribution in [-0.2, 0) is 0 Å². The third kappa shape index (κ3) is 3.90. The second-order valence-electron chi connectivity index (χ2n) is 4.99. The summed E-state index contributed by atoms with van der Waals surface area (Å²) >= 11 is 0. The van der Waals surface area contributed by atoms with Crippen molar-refractivity contribution in [1.82, 2.24) is 4.98 Å². The highest BCUT2D eigenvalue weighted by molar-refractivity contribution is 5.60. The van der Waals surface area contributed by atoms with Gasteiger partial charge < -0.3 is 10.6 Å². The fourth-order valence-electron chi connectivity index (χ4n) is 1.22. The summed E-state index contributed by atoms with van der Waals surface area (Å²) in [5, 5.41) is 16.7. The maximum absolute atomic E-state index is 10.9. The van der Waals surface area contributed by atoms with E-state index in [2.05, 4.69) is 15.6 Å². The molecule has 94 valence electrons. The lowest BCUT2D eigenvalue weighted by Crippen LogP contribution is -2.20. The first-order chi connectivity index (χ1) is 7.83. The fraction of sp³-hybridized carbons (Fsp3) is 0.545. The smallest absolute Gasteiger partial charge is 0.311 e. The maximum Gasteiger partial charge on any atom is 0.311 e. The largest absolute Gasteiger partial charge is 0.373 e. The van der Waals surface area contributed by atoms with Gasteiger partial charge in [-0.1, -0.05) is 20.8 Å². The van der Waals surface area contributed by atoms with E-state index in [4.69, 9.17) is 0 Å². The maximum atomic E-state index is 10.9. The lowest BCUT2D eigenvalue weighted by Gasteiger charge is -2.19. The van der Waals surface area contributed by atoms with Crippen LogP contribution in [0.3, 0.4) is 0 Å². The van der Waals surface area contributed by atoms with E-state index in [0.717, 1.165) is 0 Å². The molecule has 6 nitrogen and oxygen atoms in total. The van der Waals surface area contributed by atoms with Gasteiger partial charge in [-0.15, -0.1) is 0 Å². The van der Waals surface area contributed by atoms with Gasteiger partial charge in [-0.25, -0.2) is 4.98 Å². The van der Waals surface area contributed by atoms with E-state index in [1.54, 1.807) is 13.1 Å². The molecule has 0 aromatic carbocycles. The zero-order chi connectivity index (χ0) is 13.1. The summed E-state index contributed by atoms with van der Waals surface area (Å²) in [6.07, 6.45) is 0. The molecular formula is C11H18N4O2. The number of hydrogen-bond acceptors (Lipinski definition) is 5. The summed E-state index contributed by atoms with van der Waals surface area (Å²) < 4.78 is 0. The molecule has 0 aliphatic heterocycles. The summed E-state index contributed by atoms with van der Waals surface area (Å²) in [4.78, 5) is 14.6. The van der Waals surface area contributed by atoms with E-state index in [1.165, 1.54) is 6.07 Å². The van der Waals surface area contributed by atoms with Crippen molar-refractivity contribution in [2.24, 2.45) is 5.41 Å². The molecule has 0 unspecified atom stereocenters. The Hall–Kier alpha value is -1.85. The molecule has 0 bridgehead atoms. The summed E-state index contributed by atoms with van der Waals surface area (Å²) in [7, 11) is 1.72. The zero-order valence-corrected chi connectivity index (χ0v) is 10.6. The van der Waals surface area contributed by atoms with Crippen LogP contribution in [0, 0.1) is 15.5 Å². The van der Waals surface area contributed by atoms with Crippen LogP contribution in [0.2, 0.25) is 0 Å². The van der Waals surface area contributed by atoms with Crippen molar-refractivity contribution in [1.29, 1.82) is 0 Å². The third-order valence-electron chi connectivity index (χ3n) is 2.11. The summed E-state index contributed by atoms with van der Waals surface area (Å²) in [6, 6.07) is 3.03. The predicted octanol–water partition coefficient (Wildman–Crippen LogP) is 2.49. The fourth-order valence-corrected chi connectivity index (χ4v) is 1.22. The first-order valence-corrected chi connectivity index (χ1v) is 5.40. The molecule has 1 heterocycles. The Balaban J connectivity index is 2.97. The zero-order valence-electron chi connectivity index (χ0n) is 10.6. The van der Waals surface area contributed by atoms with Gasteiger partial charge in [0.1, 0.15) is 5.82 Å². The van der Waals surface area contributed by atoms with Crippen molar-refractivity contribution in [3.05, 3.63) is 22.2 Å². The molecule has 0 saturated heterocycles. The molecule has 0 fully saturated rings. The minimum absolute atomic E-state index is 0.00625. The number of rotatable bonds is 4. The van der Waals surface area contributed by atoms with Crippen LogP contribution in [0.5, 0.6) is 0 Å².